The second-order valence-electron chi connectivity index (χ2n) is 18.5. The number of carboxylic acids is 1. The number of carbonyl (C=O) groups is 8. The van der Waals surface area contributed by atoms with Crippen LogP contribution in [0.3, 0.4) is 0 Å². The van der Waals surface area contributed by atoms with Crippen molar-refractivity contribution in [2.24, 2.45) is 39.8 Å². The number of nitrogens with two attached hydrogens (primary N) is 4. The van der Waals surface area contributed by atoms with E-state index in [4.69, 9.17) is 22.9 Å². The predicted octanol–water partition coefficient (Wildman–Crippen LogP) is -2.37. The number of nitrogens with one attached hydrogen (secondary N) is 7. The lowest BCUT2D eigenvalue weighted by Crippen LogP contribution is -2.62. The van der Waals surface area contributed by atoms with E-state index in [9.17, 15) is 58.8 Å². The first-order valence-corrected chi connectivity index (χ1v) is 24.4. The molecule has 0 radical (unpaired) electrons. The topological polar surface area (TPSA) is 418 Å². The molecule has 0 saturated carbocycles. The molecule has 0 aliphatic heterocycles. The molecule has 7 amide bonds. The molecule has 2 aromatic rings. The van der Waals surface area contributed by atoms with E-state index in [1.807, 2.05) is 0 Å². The molecule has 11 atom stereocenters. The molecule has 0 spiro atoms. The van der Waals surface area contributed by atoms with Gasteiger partial charge in [0.15, 0.2) is 5.96 Å². The Morgan fingerprint density at radius 3 is 1.55 bits per heavy atom. The van der Waals surface area contributed by atoms with Crippen LogP contribution in [0.5, 0.6) is 5.75 Å². The molecule has 0 unspecified atom stereocenters. The van der Waals surface area contributed by atoms with Gasteiger partial charge in [-0.15, -0.1) is 0 Å². The zero-order valence-electron chi connectivity index (χ0n) is 42.5. The van der Waals surface area contributed by atoms with E-state index in [0.29, 0.717) is 30.4 Å². The average molecular weight is 1030 g/mol. The number of rotatable bonds is 32. The summed E-state index contributed by atoms with van der Waals surface area (Å²) in [6, 6.07) is 3.36. The molecule has 0 bridgehead atoms. The number of aliphatic carboxylic acids is 1. The quantitative estimate of drug-likeness (QED) is 0.0207. The minimum atomic E-state index is -1.59. The van der Waals surface area contributed by atoms with Gasteiger partial charge in [-0.05, 0) is 87.6 Å². The number of aliphatic hydroxyl groups excluding tert-OH is 2. The summed E-state index contributed by atoms with van der Waals surface area (Å²) in [5.41, 5.74) is 23.4. The van der Waals surface area contributed by atoms with E-state index >= 15 is 0 Å². The SMILES string of the molecule is CC[C@H](C)[C@H](NC(=O)[C@H](Cc1ccc(O)cc1)NC(=O)[C@H](CCCCN)NC(=O)[C@@H](NC(=O)[C@@H](NC(=O)[C@@H](N)[C@@H](C)O)[C@@H](C)O)C(C)C)C(=O)N[C@@H](Cc1ccccc1)C(=O)N[C@@H](CCCN=C(N)N)C(=O)O. The van der Waals surface area contributed by atoms with Crippen molar-refractivity contribution in [3.05, 3.63) is 65.7 Å². The Morgan fingerprint density at radius 1 is 0.562 bits per heavy atom. The number of aliphatic imine (C=N–C) groups is 1. The molecular weight excluding hydrogens is 949 g/mol. The van der Waals surface area contributed by atoms with Crippen molar-refractivity contribution >= 4 is 53.3 Å². The maximum atomic E-state index is 14.5. The summed E-state index contributed by atoms with van der Waals surface area (Å²) in [6.45, 7) is 9.53. The number of amides is 7. The van der Waals surface area contributed by atoms with Crippen LogP contribution < -0.4 is 60.2 Å². The van der Waals surface area contributed by atoms with E-state index in [2.05, 4.69) is 42.2 Å². The minimum absolute atomic E-state index is 0.0203. The van der Waals surface area contributed by atoms with E-state index in [-0.39, 0.29) is 56.9 Å². The van der Waals surface area contributed by atoms with Crippen molar-refractivity contribution in [3.63, 3.8) is 0 Å². The minimum Gasteiger partial charge on any atom is -0.508 e. The van der Waals surface area contributed by atoms with Gasteiger partial charge in [-0.25, -0.2) is 4.79 Å². The lowest BCUT2D eigenvalue weighted by molar-refractivity contribution is -0.142. The molecular formula is C49H78N12O12. The van der Waals surface area contributed by atoms with Crippen molar-refractivity contribution in [1.29, 1.82) is 0 Å². The summed E-state index contributed by atoms with van der Waals surface area (Å²) in [5.74, 6) is -8.74. The first kappa shape index (κ1) is 62.2. The first-order valence-electron chi connectivity index (χ1n) is 24.4. The Kier molecular flexibility index (Phi) is 26.9. The largest absolute Gasteiger partial charge is 0.508 e. The number of guanidine groups is 1. The number of aromatic hydroxyl groups is 1. The lowest BCUT2D eigenvalue weighted by Gasteiger charge is -2.30. The highest BCUT2D eigenvalue weighted by Crippen LogP contribution is 2.16. The van der Waals surface area contributed by atoms with Gasteiger partial charge in [-0.3, -0.25) is 38.6 Å². The number of benzene rings is 2. The number of carboxylic acid groups (broad SMARTS) is 1. The number of phenols is 1. The van der Waals surface area contributed by atoms with E-state index in [0.717, 1.165) is 0 Å². The second-order valence-corrected chi connectivity index (χ2v) is 18.5. The molecule has 0 aliphatic carbocycles. The standard InChI is InChI=1S/C49H78N12O12/c1-7-27(4)39(46(70)58-35(24-30-14-9-8-10-15-30)42(66)56-34(48(72)73)17-13-23-54-49(52)53)60-43(67)36(25-31-18-20-32(64)21-19-31)57-41(65)33(16-11-12-22-50)55-45(69)38(26(2)3)59-47(71)40(29(6)63)61-44(68)37(51)28(5)62/h8-10,14-15,18-21,26-29,33-40,62-64H,7,11-13,16-17,22-25,50-51H2,1-6H3,(H,55,69)(H,56,66)(H,57,65)(H,58,70)(H,59,71)(H,60,67)(H,61,68)(H,72,73)(H4,52,53,54)/t27-,28+,29+,33-,34-,35-,36-,37-,38-,39-,40-/m0/s1. The Labute approximate surface area is 426 Å². The van der Waals surface area contributed by atoms with Crippen LogP contribution in [0.1, 0.15) is 91.2 Å². The normalized spacial score (nSPS) is 15.7. The Bertz CT molecular complexity index is 2140. The maximum absolute atomic E-state index is 14.5. The highest BCUT2D eigenvalue weighted by atomic mass is 16.4. The molecule has 0 aromatic heterocycles. The third-order valence-corrected chi connectivity index (χ3v) is 12.0. The molecule has 0 heterocycles. The molecule has 19 N–H and O–H groups in total. The number of unbranched alkanes of at least 4 members (excludes halogenated alkanes) is 1. The molecule has 0 fully saturated rings. The first-order chi connectivity index (χ1) is 34.4. The Balaban J connectivity index is 2.51. The second kappa shape index (κ2) is 31.5. The fourth-order valence-electron chi connectivity index (χ4n) is 7.33. The highest BCUT2D eigenvalue weighted by molar-refractivity contribution is 5.98. The molecule has 24 heteroatoms. The maximum Gasteiger partial charge on any atom is 0.326 e. The zero-order valence-corrected chi connectivity index (χ0v) is 42.5. The summed E-state index contributed by atoms with van der Waals surface area (Å²) in [7, 11) is 0. The summed E-state index contributed by atoms with van der Waals surface area (Å²) in [5, 5.41) is 58.3. The van der Waals surface area contributed by atoms with Gasteiger partial charge in [0.2, 0.25) is 41.4 Å². The van der Waals surface area contributed by atoms with Crippen molar-refractivity contribution in [2.45, 2.75) is 153 Å². The Morgan fingerprint density at radius 2 is 1.03 bits per heavy atom. The fourth-order valence-corrected chi connectivity index (χ4v) is 7.33. The van der Waals surface area contributed by atoms with Gasteiger partial charge in [0, 0.05) is 19.4 Å². The summed E-state index contributed by atoms with van der Waals surface area (Å²) >= 11 is 0. The van der Waals surface area contributed by atoms with Gasteiger partial charge in [0.05, 0.1) is 12.2 Å². The number of phenolic OH excluding ortho intramolecular Hbond substituents is 1. The van der Waals surface area contributed by atoms with Crippen LogP contribution >= 0.6 is 0 Å². The summed E-state index contributed by atoms with van der Waals surface area (Å²) in [6.07, 6.45) is -1.67. The summed E-state index contributed by atoms with van der Waals surface area (Å²) in [4.78, 5) is 113. The smallest absolute Gasteiger partial charge is 0.326 e. The van der Waals surface area contributed by atoms with Crippen LogP contribution in [-0.2, 0) is 51.2 Å². The number of nitrogens with zero attached hydrogens (tertiary/aromatic N) is 1. The van der Waals surface area contributed by atoms with Crippen LogP contribution in [0.25, 0.3) is 0 Å². The monoisotopic (exact) mass is 1030 g/mol. The van der Waals surface area contributed by atoms with E-state index < -0.39 is 120 Å². The van der Waals surface area contributed by atoms with Gasteiger partial charge in [-0.2, -0.15) is 0 Å². The van der Waals surface area contributed by atoms with Crippen molar-refractivity contribution < 1.29 is 58.8 Å². The average Bonchev–Trinajstić information content (AvgIpc) is 3.33. The predicted molar refractivity (Wildman–Crippen MR) is 272 cm³/mol. The van der Waals surface area contributed by atoms with Crippen LogP contribution in [0, 0.1) is 11.8 Å². The molecule has 0 saturated heterocycles. The Hall–Kier alpha value is -6.89. The van der Waals surface area contributed by atoms with Gasteiger partial charge in [0.25, 0.3) is 0 Å². The summed E-state index contributed by atoms with van der Waals surface area (Å²) < 4.78 is 0. The van der Waals surface area contributed by atoms with Crippen LogP contribution in [-0.4, -0.2) is 147 Å². The van der Waals surface area contributed by atoms with Crippen molar-refractivity contribution in [3.8, 4) is 5.75 Å². The zero-order chi connectivity index (χ0) is 54.9. The highest BCUT2D eigenvalue weighted by Gasteiger charge is 2.37. The molecule has 2 aromatic carbocycles. The third-order valence-electron chi connectivity index (χ3n) is 12.0. The van der Waals surface area contributed by atoms with Gasteiger partial charge in [0.1, 0.15) is 54.1 Å². The van der Waals surface area contributed by atoms with Gasteiger partial charge >= 0.3 is 5.97 Å². The number of hydrogen-bond acceptors (Lipinski definition) is 14. The van der Waals surface area contributed by atoms with Gasteiger partial charge in [-0.1, -0.05) is 76.6 Å². The molecule has 406 valence electrons. The van der Waals surface area contributed by atoms with Crippen molar-refractivity contribution in [2.75, 3.05) is 13.1 Å². The number of aliphatic hydroxyl groups is 2. The van der Waals surface area contributed by atoms with Crippen LogP contribution in [0.2, 0.25) is 0 Å². The van der Waals surface area contributed by atoms with Crippen molar-refractivity contribution in [1.82, 2.24) is 37.2 Å². The molecule has 24 nitrogen and oxygen atoms in total. The number of hydrogen-bond donors (Lipinski definition) is 15. The fraction of sp³-hybridized carbons (Fsp3) is 0.571. The molecule has 2 rings (SSSR count). The molecule has 73 heavy (non-hydrogen) atoms. The molecule has 0 aliphatic rings. The van der Waals surface area contributed by atoms with Crippen LogP contribution in [0.15, 0.2) is 59.6 Å². The number of carbonyl (C=O) groups excluding carboxylic acids is 7. The third kappa shape index (κ3) is 21.8. The van der Waals surface area contributed by atoms with E-state index in [1.54, 1.807) is 58.0 Å². The van der Waals surface area contributed by atoms with E-state index in [1.165, 1.54) is 38.1 Å². The van der Waals surface area contributed by atoms with Gasteiger partial charge < -0.3 is 80.6 Å². The van der Waals surface area contributed by atoms with Crippen LogP contribution in [0.4, 0.5) is 0 Å². The lowest BCUT2D eigenvalue weighted by atomic mass is 9.96.